The van der Waals surface area contributed by atoms with Crippen molar-refractivity contribution in [1.29, 1.82) is 5.41 Å². The van der Waals surface area contributed by atoms with E-state index in [9.17, 15) is 18.2 Å². The number of benzene rings is 1. The molecule has 3 atom stereocenters. The van der Waals surface area contributed by atoms with E-state index < -0.39 is 33.3 Å². The first-order valence-corrected chi connectivity index (χ1v) is 14.1. The van der Waals surface area contributed by atoms with Crippen molar-refractivity contribution in [2.75, 3.05) is 18.1 Å². The van der Waals surface area contributed by atoms with E-state index in [-0.39, 0.29) is 47.6 Å². The zero-order valence-electron chi connectivity index (χ0n) is 21.0. The van der Waals surface area contributed by atoms with Crippen molar-refractivity contribution in [2.24, 2.45) is 5.84 Å². The standard InChI is InChI=1S/C26H30ClFN6O3S/c1-25(6-7-25)32-23(35)20-13-17(38(37)21-5-3-2-4-19(21)34(30)11-10-29)15-33(20)24(36)26(8-9-26)22-18(28)12-16(27)14-31-22/h2-5,10,12,14,17,20,29H,6-9,11,13,15,30H2,1H3,(H,32,35). The topological polar surface area (TPSA) is 132 Å². The molecule has 1 saturated heterocycles. The summed E-state index contributed by atoms with van der Waals surface area (Å²) in [6.45, 7) is 2.16. The molecule has 1 aromatic heterocycles. The summed E-state index contributed by atoms with van der Waals surface area (Å²) in [5.74, 6) is 4.76. The Morgan fingerprint density at radius 1 is 1.34 bits per heavy atom. The van der Waals surface area contributed by atoms with Gasteiger partial charge >= 0.3 is 0 Å². The molecule has 0 spiro atoms. The predicted molar refractivity (Wildman–Crippen MR) is 143 cm³/mol. The van der Waals surface area contributed by atoms with Gasteiger partial charge in [-0.2, -0.15) is 0 Å². The number of anilines is 1. The molecule has 5 rings (SSSR count). The van der Waals surface area contributed by atoms with Crippen molar-refractivity contribution >= 4 is 46.1 Å². The molecule has 0 bridgehead atoms. The monoisotopic (exact) mass is 560 g/mol. The van der Waals surface area contributed by atoms with Crippen LogP contribution in [0.2, 0.25) is 5.02 Å². The normalized spacial score (nSPS) is 23.4. The van der Waals surface area contributed by atoms with Gasteiger partial charge in [-0.05, 0) is 57.2 Å². The first kappa shape index (κ1) is 26.7. The van der Waals surface area contributed by atoms with Crippen molar-refractivity contribution in [3.8, 4) is 0 Å². The van der Waals surface area contributed by atoms with Gasteiger partial charge in [0.15, 0.2) is 0 Å². The third kappa shape index (κ3) is 4.94. The summed E-state index contributed by atoms with van der Waals surface area (Å²) >= 11 is 5.88. The van der Waals surface area contributed by atoms with Gasteiger partial charge in [0.05, 0.1) is 49.3 Å². The quantitative estimate of drug-likeness (QED) is 0.245. The van der Waals surface area contributed by atoms with Crippen molar-refractivity contribution in [3.63, 3.8) is 0 Å². The third-order valence-electron chi connectivity index (χ3n) is 7.65. The Balaban J connectivity index is 1.45. The summed E-state index contributed by atoms with van der Waals surface area (Å²) < 4.78 is 28.7. The number of hydrogen-bond acceptors (Lipinski definition) is 7. The van der Waals surface area contributed by atoms with Crippen molar-refractivity contribution in [3.05, 3.63) is 53.1 Å². The molecule has 3 aliphatic rings. The average molecular weight is 561 g/mol. The Morgan fingerprint density at radius 3 is 2.68 bits per heavy atom. The summed E-state index contributed by atoms with van der Waals surface area (Å²) in [7, 11) is -1.61. The lowest BCUT2D eigenvalue weighted by Gasteiger charge is -2.29. The van der Waals surface area contributed by atoms with Gasteiger partial charge < -0.3 is 20.6 Å². The van der Waals surface area contributed by atoms with Gasteiger partial charge in [-0.3, -0.25) is 18.8 Å². The lowest BCUT2D eigenvalue weighted by molar-refractivity contribution is -0.140. The van der Waals surface area contributed by atoms with Gasteiger partial charge in [0.2, 0.25) is 11.8 Å². The van der Waals surface area contributed by atoms with Crippen molar-refractivity contribution < 1.29 is 18.2 Å². The molecule has 3 unspecified atom stereocenters. The summed E-state index contributed by atoms with van der Waals surface area (Å²) in [6, 6.07) is 7.24. The number of amides is 2. The lowest BCUT2D eigenvalue weighted by Crippen LogP contribution is -2.51. The number of hydrogen-bond donors (Lipinski definition) is 3. The highest BCUT2D eigenvalue weighted by Crippen LogP contribution is 2.51. The summed E-state index contributed by atoms with van der Waals surface area (Å²) in [6.07, 6.45) is 5.17. The van der Waals surface area contributed by atoms with E-state index in [1.54, 1.807) is 24.3 Å². The fourth-order valence-electron chi connectivity index (χ4n) is 5.08. The number of para-hydroxylation sites is 1. The summed E-state index contributed by atoms with van der Waals surface area (Å²) in [4.78, 5) is 33.5. The number of carbonyl (C=O) groups is 2. The minimum absolute atomic E-state index is 0.0283. The maximum Gasteiger partial charge on any atom is 0.243 e. The summed E-state index contributed by atoms with van der Waals surface area (Å²) in [5.41, 5.74) is -0.927. The first-order chi connectivity index (χ1) is 18.1. The van der Waals surface area contributed by atoms with Crippen molar-refractivity contribution in [2.45, 2.75) is 66.2 Å². The maximum absolute atomic E-state index is 14.9. The Kier molecular flexibility index (Phi) is 7.04. The molecular formula is C26H30ClFN6O3S. The average Bonchev–Trinajstić information content (AvgIpc) is 3.79. The molecule has 2 heterocycles. The predicted octanol–water partition coefficient (Wildman–Crippen LogP) is 2.68. The van der Waals surface area contributed by atoms with Crippen LogP contribution in [0.5, 0.6) is 0 Å². The second kappa shape index (κ2) is 10.0. The highest BCUT2D eigenvalue weighted by molar-refractivity contribution is 7.86. The molecule has 0 radical (unpaired) electrons. The molecular weight excluding hydrogens is 531 g/mol. The molecule has 202 valence electrons. The first-order valence-electron chi connectivity index (χ1n) is 12.5. The van der Waals surface area contributed by atoms with Crippen LogP contribution in [-0.4, -0.2) is 62.0 Å². The zero-order valence-corrected chi connectivity index (χ0v) is 22.5. The number of hydrazine groups is 1. The van der Waals surface area contributed by atoms with E-state index in [4.69, 9.17) is 22.9 Å². The van der Waals surface area contributed by atoms with Crippen LogP contribution in [0.1, 0.15) is 44.7 Å². The Morgan fingerprint density at radius 2 is 2.05 bits per heavy atom. The molecule has 38 heavy (non-hydrogen) atoms. The highest BCUT2D eigenvalue weighted by atomic mass is 35.5. The van der Waals surface area contributed by atoms with Crippen LogP contribution in [0.15, 0.2) is 41.4 Å². The summed E-state index contributed by atoms with van der Waals surface area (Å²) in [5, 5.41) is 11.3. The van der Waals surface area contributed by atoms with Crippen LogP contribution in [0.3, 0.4) is 0 Å². The SMILES string of the molecule is CC1(NC(=O)C2CC(S(=O)c3ccccc3N(N)CC=N)CN2C(=O)C2(c3ncc(Cl)cc3F)CC2)CC1. The van der Waals surface area contributed by atoms with Crippen LogP contribution in [-0.2, 0) is 25.8 Å². The molecule has 9 nitrogen and oxygen atoms in total. The van der Waals surface area contributed by atoms with Crippen LogP contribution in [0.25, 0.3) is 0 Å². The number of rotatable bonds is 9. The Bertz CT molecular complexity index is 1320. The number of nitrogens with zero attached hydrogens (tertiary/aromatic N) is 3. The maximum atomic E-state index is 14.9. The fourth-order valence-corrected chi connectivity index (χ4v) is 6.84. The number of pyridine rings is 1. The van der Waals surface area contributed by atoms with Crippen LogP contribution in [0.4, 0.5) is 10.1 Å². The van der Waals surface area contributed by atoms with Crippen molar-refractivity contribution in [1.82, 2.24) is 15.2 Å². The van der Waals surface area contributed by atoms with Crippen LogP contribution < -0.4 is 16.2 Å². The number of nitrogens with one attached hydrogen (secondary N) is 2. The smallest absolute Gasteiger partial charge is 0.243 e. The Labute approximate surface area is 227 Å². The molecule has 1 aromatic carbocycles. The molecule has 1 aliphatic heterocycles. The number of likely N-dealkylation sites (tertiary alicyclic amines) is 1. The van der Waals surface area contributed by atoms with Gasteiger partial charge in [-0.15, -0.1) is 0 Å². The minimum atomic E-state index is -1.61. The molecule has 12 heteroatoms. The fraction of sp³-hybridized carbons (Fsp3) is 0.462. The second-order valence-electron chi connectivity index (χ2n) is 10.6. The Hall–Kier alpha value is -2.89. The van der Waals surface area contributed by atoms with Gasteiger partial charge in [0.25, 0.3) is 0 Å². The lowest BCUT2D eigenvalue weighted by atomic mass is 9.98. The van der Waals surface area contributed by atoms with E-state index in [2.05, 4.69) is 10.3 Å². The number of halogens is 2. The molecule has 2 aliphatic carbocycles. The second-order valence-corrected chi connectivity index (χ2v) is 12.7. The van der Waals surface area contributed by atoms with E-state index in [1.807, 2.05) is 6.92 Å². The number of aromatic nitrogens is 1. The molecule has 2 amide bonds. The van der Waals surface area contributed by atoms with Gasteiger partial charge in [-0.1, -0.05) is 23.7 Å². The molecule has 2 aromatic rings. The number of nitrogens with two attached hydrogens (primary N) is 1. The molecule has 2 saturated carbocycles. The van der Waals surface area contributed by atoms with Gasteiger partial charge in [0.1, 0.15) is 11.9 Å². The highest BCUT2D eigenvalue weighted by Gasteiger charge is 2.59. The third-order valence-corrected chi connectivity index (χ3v) is 9.59. The molecule has 3 fully saturated rings. The van der Waals surface area contributed by atoms with Gasteiger partial charge in [0, 0.05) is 24.5 Å². The van der Waals surface area contributed by atoms with E-state index in [0.29, 0.717) is 23.4 Å². The number of carbonyl (C=O) groups excluding carboxylic acids is 2. The van der Waals surface area contributed by atoms with Gasteiger partial charge in [-0.25, -0.2) is 10.2 Å². The van der Waals surface area contributed by atoms with Crippen LogP contribution in [0, 0.1) is 11.2 Å². The van der Waals surface area contributed by atoms with E-state index >= 15 is 0 Å². The van der Waals surface area contributed by atoms with E-state index in [0.717, 1.165) is 25.1 Å². The zero-order chi connectivity index (χ0) is 27.2. The largest absolute Gasteiger partial charge is 0.349 e. The van der Waals surface area contributed by atoms with E-state index in [1.165, 1.54) is 16.1 Å². The molecule has 4 N–H and O–H groups in total. The van der Waals surface area contributed by atoms with Crippen LogP contribution >= 0.6 is 11.6 Å². The minimum Gasteiger partial charge on any atom is -0.349 e.